The summed E-state index contributed by atoms with van der Waals surface area (Å²) in [6.07, 6.45) is 2.08. The molecule has 1 rings (SSSR count). The molecule has 70 valence electrons. The molecule has 0 amide bonds. The van der Waals surface area contributed by atoms with Gasteiger partial charge in [-0.2, -0.15) is 0 Å². The summed E-state index contributed by atoms with van der Waals surface area (Å²) in [6, 6.07) is 8.23. The minimum Gasteiger partial charge on any atom is -0.321 e. The first kappa shape index (κ1) is 10.7. The summed E-state index contributed by atoms with van der Waals surface area (Å²) in [5.74, 6) is 0. The second kappa shape index (κ2) is 4.77. The predicted octanol–water partition coefficient (Wildman–Crippen LogP) is 3.26. The van der Waals surface area contributed by atoms with Crippen molar-refractivity contribution < 1.29 is 0 Å². The molecule has 1 aromatic carbocycles. The number of hydrogen-bond donors (Lipinski definition) is 1. The molecule has 0 radical (unpaired) electrons. The number of hydrogen-bond acceptors (Lipinski definition) is 1. The Morgan fingerprint density at radius 1 is 1.38 bits per heavy atom. The van der Waals surface area contributed by atoms with E-state index < -0.39 is 0 Å². The lowest BCUT2D eigenvalue weighted by Crippen LogP contribution is -2.08. The third kappa shape index (κ3) is 3.12. The van der Waals surface area contributed by atoms with E-state index in [1.54, 1.807) is 0 Å². The van der Waals surface area contributed by atoms with Crippen LogP contribution in [-0.4, -0.2) is 0 Å². The van der Waals surface area contributed by atoms with Crippen molar-refractivity contribution in [3.05, 3.63) is 45.0 Å². The largest absolute Gasteiger partial charge is 0.321 e. The van der Waals surface area contributed by atoms with Gasteiger partial charge in [0.15, 0.2) is 0 Å². The topological polar surface area (TPSA) is 26.0 Å². The molecule has 1 atom stereocenters. The maximum atomic E-state index is 6.02. The second-order valence-corrected chi connectivity index (χ2v) is 4.45. The Morgan fingerprint density at radius 2 is 2.00 bits per heavy atom. The van der Waals surface area contributed by atoms with E-state index in [1.807, 2.05) is 12.1 Å². The third-order valence-corrected chi connectivity index (χ3v) is 2.76. The molecule has 0 spiro atoms. The molecular formula is C11H14IN. The molecule has 0 saturated carbocycles. The number of nitrogens with two attached hydrogens (primary N) is 1. The van der Waals surface area contributed by atoms with Crippen LogP contribution in [0.25, 0.3) is 0 Å². The maximum absolute atomic E-state index is 6.02. The smallest absolute Gasteiger partial charge is 0.0494 e. The highest BCUT2D eigenvalue weighted by atomic mass is 127. The first-order valence-electron chi connectivity index (χ1n) is 4.26. The standard InChI is InChI=1S/C11H14IN/c1-8(2)7-11(13)9-5-3-4-6-10(9)12/h3-7,11H,13H2,1-2H3. The lowest BCUT2D eigenvalue weighted by Gasteiger charge is -2.09. The van der Waals surface area contributed by atoms with Crippen LogP contribution in [0, 0.1) is 3.57 Å². The van der Waals surface area contributed by atoms with Crippen molar-refractivity contribution in [3.8, 4) is 0 Å². The van der Waals surface area contributed by atoms with Gasteiger partial charge in [0.2, 0.25) is 0 Å². The quantitative estimate of drug-likeness (QED) is 0.655. The van der Waals surface area contributed by atoms with Gasteiger partial charge in [-0.05, 0) is 48.1 Å². The molecule has 0 aromatic heterocycles. The Morgan fingerprint density at radius 3 is 2.54 bits per heavy atom. The van der Waals surface area contributed by atoms with E-state index in [9.17, 15) is 0 Å². The zero-order valence-electron chi connectivity index (χ0n) is 7.92. The van der Waals surface area contributed by atoms with Gasteiger partial charge < -0.3 is 5.73 Å². The summed E-state index contributed by atoms with van der Waals surface area (Å²) in [5, 5.41) is 0. The summed E-state index contributed by atoms with van der Waals surface area (Å²) >= 11 is 2.31. The van der Waals surface area contributed by atoms with Crippen LogP contribution in [-0.2, 0) is 0 Å². The average Bonchev–Trinajstić information content (AvgIpc) is 2.03. The first-order valence-corrected chi connectivity index (χ1v) is 5.34. The fraction of sp³-hybridized carbons (Fsp3) is 0.273. The highest BCUT2D eigenvalue weighted by Crippen LogP contribution is 2.19. The number of rotatable bonds is 2. The van der Waals surface area contributed by atoms with Gasteiger partial charge in [0, 0.05) is 9.61 Å². The van der Waals surface area contributed by atoms with Crippen molar-refractivity contribution in [2.24, 2.45) is 5.73 Å². The normalized spacial score (nSPS) is 12.3. The molecule has 0 bridgehead atoms. The van der Waals surface area contributed by atoms with Gasteiger partial charge in [-0.15, -0.1) is 0 Å². The van der Waals surface area contributed by atoms with Crippen molar-refractivity contribution in [1.82, 2.24) is 0 Å². The zero-order valence-corrected chi connectivity index (χ0v) is 10.1. The van der Waals surface area contributed by atoms with Crippen LogP contribution in [0.3, 0.4) is 0 Å². The zero-order chi connectivity index (χ0) is 9.84. The highest BCUT2D eigenvalue weighted by molar-refractivity contribution is 14.1. The summed E-state index contributed by atoms with van der Waals surface area (Å²) in [4.78, 5) is 0. The van der Waals surface area contributed by atoms with Crippen molar-refractivity contribution in [1.29, 1.82) is 0 Å². The van der Waals surface area contributed by atoms with Crippen LogP contribution in [0.1, 0.15) is 25.5 Å². The van der Waals surface area contributed by atoms with E-state index in [4.69, 9.17) is 5.73 Å². The Bertz CT molecular complexity index is 314. The minimum absolute atomic E-state index is 0.0260. The van der Waals surface area contributed by atoms with Crippen LogP contribution in [0.5, 0.6) is 0 Å². The van der Waals surface area contributed by atoms with E-state index >= 15 is 0 Å². The molecule has 0 fully saturated rings. The summed E-state index contributed by atoms with van der Waals surface area (Å²) in [7, 11) is 0. The summed E-state index contributed by atoms with van der Waals surface area (Å²) in [5.41, 5.74) is 8.47. The Labute approximate surface area is 93.2 Å². The van der Waals surface area contributed by atoms with Gasteiger partial charge in [0.05, 0.1) is 0 Å². The van der Waals surface area contributed by atoms with E-state index in [1.165, 1.54) is 14.7 Å². The Balaban J connectivity index is 2.95. The van der Waals surface area contributed by atoms with Crippen molar-refractivity contribution in [3.63, 3.8) is 0 Å². The number of allylic oxidation sites excluding steroid dienone is 1. The summed E-state index contributed by atoms with van der Waals surface area (Å²) < 4.78 is 1.23. The number of halogens is 1. The van der Waals surface area contributed by atoms with Crippen molar-refractivity contribution in [2.75, 3.05) is 0 Å². The van der Waals surface area contributed by atoms with Crippen LogP contribution in [0.2, 0.25) is 0 Å². The van der Waals surface area contributed by atoms with E-state index in [-0.39, 0.29) is 6.04 Å². The van der Waals surface area contributed by atoms with Gasteiger partial charge in [0.1, 0.15) is 0 Å². The van der Waals surface area contributed by atoms with Crippen molar-refractivity contribution >= 4 is 22.6 Å². The SMILES string of the molecule is CC(C)=CC(N)c1ccccc1I. The molecule has 0 aliphatic rings. The predicted molar refractivity (Wildman–Crippen MR) is 65.5 cm³/mol. The molecule has 1 aromatic rings. The molecule has 13 heavy (non-hydrogen) atoms. The summed E-state index contributed by atoms with van der Waals surface area (Å²) in [6.45, 7) is 4.13. The molecule has 0 heterocycles. The van der Waals surface area contributed by atoms with Crippen molar-refractivity contribution in [2.45, 2.75) is 19.9 Å². The number of benzene rings is 1. The Hall–Kier alpha value is -0.350. The highest BCUT2D eigenvalue weighted by Gasteiger charge is 2.05. The van der Waals surface area contributed by atoms with Gasteiger partial charge in [-0.1, -0.05) is 29.8 Å². The third-order valence-electron chi connectivity index (χ3n) is 1.78. The van der Waals surface area contributed by atoms with Crippen LogP contribution >= 0.6 is 22.6 Å². The lowest BCUT2D eigenvalue weighted by molar-refractivity contribution is 0.892. The molecule has 0 aliphatic carbocycles. The van der Waals surface area contributed by atoms with Crippen LogP contribution in [0.15, 0.2) is 35.9 Å². The fourth-order valence-electron chi connectivity index (χ4n) is 1.19. The molecule has 0 aliphatic heterocycles. The lowest BCUT2D eigenvalue weighted by atomic mass is 10.1. The molecule has 2 N–H and O–H groups in total. The molecular weight excluding hydrogens is 273 g/mol. The van der Waals surface area contributed by atoms with Gasteiger partial charge >= 0.3 is 0 Å². The fourth-order valence-corrected chi connectivity index (χ4v) is 1.94. The van der Waals surface area contributed by atoms with E-state index in [0.717, 1.165) is 0 Å². The second-order valence-electron chi connectivity index (χ2n) is 3.29. The molecule has 0 saturated heterocycles. The van der Waals surface area contributed by atoms with Gasteiger partial charge in [0.25, 0.3) is 0 Å². The van der Waals surface area contributed by atoms with Gasteiger partial charge in [-0.3, -0.25) is 0 Å². The Kier molecular flexibility index (Phi) is 3.93. The van der Waals surface area contributed by atoms with Crippen LogP contribution < -0.4 is 5.73 Å². The van der Waals surface area contributed by atoms with Gasteiger partial charge in [-0.25, -0.2) is 0 Å². The monoisotopic (exact) mass is 287 g/mol. The van der Waals surface area contributed by atoms with Crippen LogP contribution in [0.4, 0.5) is 0 Å². The van der Waals surface area contributed by atoms with E-state index in [2.05, 4.69) is 54.6 Å². The average molecular weight is 287 g/mol. The van der Waals surface area contributed by atoms with E-state index in [0.29, 0.717) is 0 Å². The maximum Gasteiger partial charge on any atom is 0.0494 e. The molecule has 1 nitrogen and oxygen atoms in total. The first-order chi connectivity index (χ1) is 6.11. The molecule has 2 heteroatoms. The molecule has 1 unspecified atom stereocenters. The minimum atomic E-state index is 0.0260.